The van der Waals surface area contributed by atoms with E-state index in [2.05, 4.69) is 5.32 Å². The number of imide groups is 1. The molecule has 11 heteroatoms. The Balaban J connectivity index is 1.37. The lowest BCUT2D eigenvalue weighted by molar-refractivity contribution is -0.138. The maximum atomic E-state index is 13.6. The summed E-state index contributed by atoms with van der Waals surface area (Å²) in [5.74, 6) is -2.55. The number of anilines is 2. The van der Waals surface area contributed by atoms with Crippen LogP contribution in [-0.4, -0.2) is 35.5 Å². The molecule has 0 aliphatic carbocycles. The van der Waals surface area contributed by atoms with Crippen LogP contribution in [0, 0.1) is 23.2 Å². The molecule has 0 spiro atoms. The third-order valence-electron chi connectivity index (χ3n) is 7.67. The van der Waals surface area contributed by atoms with Crippen LogP contribution in [0.2, 0.25) is 0 Å². The van der Waals surface area contributed by atoms with E-state index in [0.717, 1.165) is 11.0 Å². The Bertz CT molecular complexity index is 1370. The number of nitrogens with one attached hydrogen (secondary N) is 1. The zero-order chi connectivity index (χ0) is 27.5. The summed E-state index contributed by atoms with van der Waals surface area (Å²) < 4.78 is 52.8. The Kier molecular flexibility index (Phi) is 5.98. The number of nitriles is 1. The van der Waals surface area contributed by atoms with Crippen molar-refractivity contribution < 1.29 is 37.0 Å². The molecule has 8 nitrogen and oxygen atoms in total. The van der Waals surface area contributed by atoms with Gasteiger partial charge in [-0.2, -0.15) is 18.4 Å². The highest BCUT2D eigenvalue weighted by Crippen LogP contribution is 2.62. The van der Waals surface area contributed by atoms with Crippen LogP contribution in [0.1, 0.15) is 44.2 Å². The van der Waals surface area contributed by atoms with Crippen molar-refractivity contribution in [3.63, 3.8) is 0 Å². The van der Waals surface area contributed by atoms with Crippen molar-refractivity contribution in [2.24, 2.45) is 11.8 Å². The van der Waals surface area contributed by atoms with Gasteiger partial charge in [-0.25, -0.2) is 4.90 Å². The highest BCUT2D eigenvalue weighted by atomic mass is 19.4. The fourth-order valence-electron chi connectivity index (χ4n) is 6.05. The Morgan fingerprint density at radius 1 is 1.16 bits per heavy atom. The molecule has 1 N–H and O–H groups in total. The first-order valence-corrected chi connectivity index (χ1v) is 12.1. The predicted molar refractivity (Wildman–Crippen MR) is 128 cm³/mol. The van der Waals surface area contributed by atoms with Gasteiger partial charge >= 0.3 is 6.18 Å². The summed E-state index contributed by atoms with van der Waals surface area (Å²) in [5, 5.41) is 11.7. The lowest BCUT2D eigenvalue weighted by Gasteiger charge is -2.31. The summed E-state index contributed by atoms with van der Waals surface area (Å²) in [7, 11) is 0. The molecule has 0 aromatic heterocycles. The Morgan fingerprint density at radius 3 is 2.47 bits per heavy atom. The van der Waals surface area contributed by atoms with E-state index in [1.54, 1.807) is 31.2 Å². The Hall–Kier alpha value is -3.91. The summed E-state index contributed by atoms with van der Waals surface area (Å²) in [6.45, 7) is 3.34. The van der Waals surface area contributed by atoms with Crippen LogP contribution in [0.5, 0.6) is 5.75 Å². The summed E-state index contributed by atoms with van der Waals surface area (Å²) >= 11 is 0. The van der Waals surface area contributed by atoms with Crippen LogP contribution in [0.15, 0.2) is 42.5 Å². The summed E-state index contributed by atoms with van der Waals surface area (Å²) in [5.41, 5.74) is -3.30. The minimum Gasteiger partial charge on any atom is -0.493 e. The second-order valence-electron chi connectivity index (χ2n) is 10.1. The molecule has 4 atom stereocenters. The minimum atomic E-state index is -4.82. The minimum absolute atomic E-state index is 0.176. The number of hydrogen-bond donors (Lipinski definition) is 1. The quantitative estimate of drug-likeness (QED) is 0.557. The van der Waals surface area contributed by atoms with Gasteiger partial charge in [0, 0.05) is 19.0 Å². The van der Waals surface area contributed by atoms with Gasteiger partial charge in [-0.1, -0.05) is 0 Å². The molecular weight excluding hydrogens is 503 g/mol. The number of rotatable bonds is 6. The van der Waals surface area contributed by atoms with Crippen LogP contribution in [0.4, 0.5) is 24.5 Å². The number of halogens is 3. The molecule has 3 aliphatic rings. The number of carbonyl (C=O) groups is 3. The van der Waals surface area contributed by atoms with Crippen LogP contribution < -0.4 is 15.0 Å². The molecule has 2 aromatic rings. The lowest BCUT2D eigenvalue weighted by Crippen LogP contribution is -2.43. The third-order valence-corrected chi connectivity index (χ3v) is 7.67. The van der Waals surface area contributed by atoms with Gasteiger partial charge in [-0.05, 0) is 62.2 Å². The van der Waals surface area contributed by atoms with Crippen molar-refractivity contribution in [1.82, 2.24) is 0 Å². The number of benzene rings is 2. The molecule has 3 aliphatic heterocycles. The first-order chi connectivity index (χ1) is 17.9. The monoisotopic (exact) mass is 527 g/mol. The van der Waals surface area contributed by atoms with Gasteiger partial charge in [0.05, 0.1) is 52.5 Å². The van der Waals surface area contributed by atoms with Crippen LogP contribution >= 0.6 is 0 Å². The molecule has 5 rings (SSSR count). The van der Waals surface area contributed by atoms with Gasteiger partial charge in [0.15, 0.2) is 0 Å². The van der Waals surface area contributed by atoms with Gasteiger partial charge in [0.2, 0.25) is 17.7 Å². The van der Waals surface area contributed by atoms with Crippen molar-refractivity contribution >= 4 is 29.1 Å². The normalized spacial score (nSPS) is 27.8. The maximum absolute atomic E-state index is 13.6. The van der Waals surface area contributed by atoms with E-state index in [9.17, 15) is 27.6 Å². The number of fused-ring (bicyclic) bond motifs is 5. The van der Waals surface area contributed by atoms with Crippen molar-refractivity contribution in [3.05, 3.63) is 53.6 Å². The van der Waals surface area contributed by atoms with Gasteiger partial charge in [0.25, 0.3) is 0 Å². The fourth-order valence-corrected chi connectivity index (χ4v) is 6.05. The van der Waals surface area contributed by atoms with Crippen molar-refractivity contribution in [2.45, 2.75) is 50.5 Å². The van der Waals surface area contributed by atoms with Crippen molar-refractivity contribution in [2.75, 3.05) is 16.8 Å². The molecule has 38 heavy (non-hydrogen) atoms. The topological polar surface area (TPSA) is 109 Å². The molecule has 3 fully saturated rings. The molecule has 3 heterocycles. The van der Waals surface area contributed by atoms with E-state index in [0.29, 0.717) is 36.8 Å². The van der Waals surface area contributed by atoms with E-state index in [4.69, 9.17) is 14.7 Å². The summed E-state index contributed by atoms with van der Waals surface area (Å²) in [6.07, 6.45) is -3.50. The van der Waals surface area contributed by atoms with Gasteiger partial charge < -0.3 is 14.8 Å². The van der Waals surface area contributed by atoms with Crippen molar-refractivity contribution in [3.8, 4) is 11.8 Å². The van der Waals surface area contributed by atoms with Crippen LogP contribution in [0.3, 0.4) is 0 Å². The van der Waals surface area contributed by atoms with E-state index in [1.807, 2.05) is 0 Å². The number of nitrogens with zero attached hydrogens (tertiary/aromatic N) is 2. The standard InChI is InChI=1S/C27H24F3N3O5/c1-15(34)32-17-4-7-19(8-5-17)37-12-11-26-10-9-25(2,38-26)21-22(26)24(36)33(23(21)35)18-6-3-16(14-31)20(13-18)27(28,29)30/h3-8,13,21-22H,9-12H2,1-2H3,(H,32,34)/t21-,22+,25?,26?/m1/s1. The molecule has 3 amide bonds. The first kappa shape index (κ1) is 25.7. The average molecular weight is 527 g/mol. The summed E-state index contributed by atoms with van der Waals surface area (Å²) in [6, 6.07) is 11.1. The first-order valence-electron chi connectivity index (χ1n) is 12.1. The van der Waals surface area contributed by atoms with E-state index < -0.39 is 52.2 Å². The van der Waals surface area contributed by atoms with Gasteiger partial charge in [-0.15, -0.1) is 0 Å². The molecule has 0 radical (unpaired) electrons. The van der Waals surface area contributed by atoms with Crippen molar-refractivity contribution in [1.29, 1.82) is 5.26 Å². The SMILES string of the molecule is CC(=O)Nc1ccc(OCCC23CCC(C)(O2)[C@H]2C(=O)N(c4ccc(C#N)c(C(F)(F)F)c4)C(=O)[C@H]23)cc1. The second-order valence-corrected chi connectivity index (χ2v) is 10.1. The zero-order valence-electron chi connectivity index (χ0n) is 20.6. The number of carbonyl (C=O) groups excluding carboxylic acids is 3. The molecule has 2 unspecified atom stereocenters. The molecule has 198 valence electrons. The molecule has 0 saturated carbocycles. The number of alkyl halides is 3. The van der Waals surface area contributed by atoms with Gasteiger partial charge in [0.1, 0.15) is 5.75 Å². The molecular formula is C27H24F3N3O5. The number of hydrogen-bond acceptors (Lipinski definition) is 6. The highest BCUT2D eigenvalue weighted by molar-refractivity contribution is 6.23. The lowest BCUT2D eigenvalue weighted by atomic mass is 9.67. The van der Waals surface area contributed by atoms with Crippen LogP contribution in [-0.2, 0) is 25.3 Å². The predicted octanol–water partition coefficient (Wildman–Crippen LogP) is 4.43. The van der Waals surface area contributed by atoms with Crippen LogP contribution in [0.25, 0.3) is 0 Å². The highest BCUT2D eigenvalue weighted by Gasteiger charge is 2.73. The third kappa shape index (κ3) is 4.09. The smallest absolute Gasteiger partial charge is 0.417 e. The van der Waals surface area contributed by atoms with E-state index in [-0.39, 0.29) is 18.2 Å². The van der Waals surface area contributed by atoms with E-state index in [1.165, 1.54) is 19.1 Å². The van der Waals surface area contributed by atoms with E-state index >= 15 is 0 Å². The summed E-state index contributed by atoms with van der Waals surface area (Å²) in [4.78, 5) is 39.1. The number of ether oxygens (including phenoxy) is 2. The molecule has 2 aromatic carbocycles. The number of amides is 3. The molecule has 2 bridgehead atoms. The maximum Gasteiger partial charge on any atom is 0.417 e. The Morgan fingerprint density at radius 2 is 1.84 bits per heavy atom. The average Bonchev–Trinajstić information content (AvgIpc) is 3.43. The fraction of sp³-hybridized carbons (Fsp3) is 0.407. The molecule has 3 saturated heterocycles. The second kappa shape index (κ2) is 8.84. The largest absolute Gasteiger partial charge is 0.493 e. The Labute approximate surface area is 216 Å². The van der Waals surface area contributed by atoms with Gasteiger partial charge in [-0.3, -0.25) is 14.4 Å². The zero-order valence-corrected chi connectivity index (χ0v) is 20.6.